The maximum absolute atomic E-state index is 9.61. The minimum Gasteiger partial charge on any atom is -0.508 e. The van der Waals surface area contributed by atoms with Crippen LogP contribution in [0.25, 0.3) is 10.6 Å². The van der Waals surface area contributed by atoms with Gasteiger partial charge in [0, 0.05) is 12.1 Å². The van der Waals surface area contributed by atoms with Gasteiger partial charge in [0.1, 0.15) is 18.1 Å². The molecule has 0 bridgehead atoms. The zero-order valence-electron chi connectivity index (χ0n) is 14.2. The smallest absolute Gasteiger partial charge is 0.119 e. The van der Waals surface area contributed by atoms with Crippen molar-refractivity contribution in [1.82, 2.24) is 0 Å². The molecule has 0 amide bonds. The van der Waals surface area contributed by atoms with Crippen molar-refractivity contribution in [2.24, 2.45) is 5.73 Å². The fourth-order valence-corrected chi connectivity index (χ4v) is 3.02. The molecule has 3 rings (SSSR count). The number of halogens is 1. The predicted octanol–water partition coefficient (Wildman–Crippen LogP) is 4.89. The summed E-state index contributed by atoms with van der Waals surface area (Å²) in [5.74, 6) is 0.981. The molecule has 0 radical (unpaired) electrons. The zero-order valence-corrected chi connectivity index (χ0v) is 15.0. The van der Waals surface area contributed by atoms with Crippen LogP contribution < -0.4 is 10.5 Å². The van der Waals surface area contributed by atoms with Crippen LogP contribution in [0.1, 0.15) is 16.7 Å². The number of rotatable bonds is 6. The average molecular weight is 366 g/mol. The third kappa shape index (κ3) is 4.26. The normalized spacial score (nSPS) is 11.8. The van der Waals surface area contributed by atoms with Gasteiger partial charge in [0.25, 0.3) is 0 Å². The first-order valence-corrected chi connectivity index (χ1v) is 8.75. The van der Waals surface area contributed by atoms with E-state index in [-0.39, 0.29) is 5.75 Å². The van der Waals surface area contributed by atoms with Crippen molar-refractivity contribution in [2.75, 3.05) is 13.2 Å². The molecule has 3 aromatic carbocycles. The highest BCUT2D eigenvalue weighted by atomic mass is 35.5. The van der Waals surface area contributed by atoms with Gasteiger partial charge in [-0.1, -0.05) is 66.2 Å². The Balaban J connectivity index is 2.07. The maximum Gasteiger partial charge on any atom is 0.119 e. The first-order chi connectivity index (χ1) is 12.7. The zero-order chi connectivity index (χ0) is 18.4. The van der Waals surface area contributed by atoms with Gasteiger partial charge in [0.15, 0.2) is 0 Å². The Labute approximate surface area is 158 Å². The quantitative estimate of drug-likeness (QED) is 0.612. The first-order valence-electron chi connectivity index (χ1n) is 8.37. The Hall–Kier alpha value is -2.75. The van der Waals surface area contributed by atoms with Gasteiger partial charge in [-0.15, -0.1) is 0 Å². The maximum atomic E-state index is 9.61. The Morgan fingerprint density at radius 2 is 1.38 bits per heavy atom. The van der Waals surface area contributed by atoms with Gasteiger partial charge in [-0.3, -0.25) is 0 Å². The fraction of sp³-hybridized carbons (Fsp3) is 0.0909. The van der Waals surface area contributed by atoms with Crippen LogP contribution in [0.4, 0.5) is 0 Å². The molecule has 0 atom stereocenters. The van der Waals surface area contributed by atoms with Crippen molar-refractivity contribution in [2.45, 2.75) is 0 Å². The van der Waals surface area contributed by atoms with Crippen molar-refractivity contribution in [3.8, 4) is 11.5 Å². The van der Waals surface area contributed by atoms with Gasteiger partial charge in [0.05, 0.1) is 5.03 Å². The van der Waals surface area contributed by atoms with Gasteiger partial charge in [-0.2, -0.15) is 0 Å². The van der Waals surface area contributed by atoms with Gasteiger partial charge in [-0.05, 0) is 41.0 Å². The summed E-state index contributed by atoms with van der Waals surface area (Å²) in [6.45, 7) is 0.949. The van der Waals surface area contributed by atoms with E-state index >= 15 is 0 Å². The predicted molar refractivity (Wildman–Crippen MR) is 107 cm³/mol. The molecular formula is C22H20ClNO2. The van der Waals surface area contributed by atoms with Crippen molar-refractivity contribution in [3.05, 3.63) is 95.6 Å². The summed E-state index contributed by atoms with van der Waals surface area (Å²) in [6.07, 6.45) is 0. The molecule has 4 heteroatoms. The third-order valence-electron chi connectivity index (χ3n) is 3.93. The fourth-order valence-electron chi connectivity index (χ4n) is 2.67. The third-order valence-corrected chi connectivity index (χ3v) is 4.34. The molecule has 0 saturated heterocycles. The number of nitrogens with two attached hydrogens (primary N) is 1. The molecular weight excluding hydrogens is 346 g/mol. The number of ether oxygens (including phenoxy) is 1. The lowest BCUT2D eigenvalue weighted by atomic mass is 9.95. The van der Waals surface area contributed by atoms with Gasteiger partial charge >= 0.3 is 0 Å². The van der Waals surface area contributed by atoms with E-state index in [0.717, 1.165) is 28.0 Å². The number of hydrogen-bond acceptors (Lipinski definition) is 3. The summed E-state index contributed by atoms with van der Waals surface area (Å²) >= 11 is 6.77. The minimum absolute atomic E-state index is 0.217. The molecule has 3 N–H and O–H groups in total. The van der Waals surface area contributed by atoms with E-state index < -0.39 is 0 Å². The molecule has 0 unspecified atom stereocenters. The van der Waals surface area contributed by atoms with E-state index in [1.807, 2.05) is 66.7 Å². The van der Waals surface area contributed by atoms with E-state index in [1.54, 1.807) is 12.1 Å². The summed E-state index contributed by atoms with van der Waals surface area (Å²) in [5.41, 5.74) is 9.19. The van der Waals surface area contributed by atoms with Crippen LogP contribution in [-0.2, 0) is 0 Å². The molecule has 0 saturated carbocycles. The Bertz CT molecular complexity index is 872. The molecule has 0 fully saturated rings. The molecule has 0 aliphatic carbocycles. The number of benzene rings is 3. The number of phenolic OH excluding ortho intramolecular Hbond substituents is 1. The largest absolute Gasteiger partial charge is 0.508 e. The van der Waals surface area contributed by atoms with Gasteiger partial charge in [0.2, 0.25) is 0 Å². The monoisotopic (exact) mass is 365 g/mol. The Morgan fingerprint density at radius 3 is 1.96 bits per heavy atom. The van der Waals surface area contributed by atoms with E-state index in [4.69, 9.17) is 22.1 Å². The van der Waals surface area contributed by atoms with Crippen LogP contribution in [-0.4, -0.2) is 18.3 Å². The van der Waals surface area contributed by atoms with Crippen LogP contribution in [0.3, 0.4) is 0 Å². The second kappa shape index (κ2) is 8.56. The SMILES string of the molecule is NCCOc1ccc(/C(=C(/Cl)c2ccccc2)c2ccc(O)cc2)cc1. The van der Waals surface area contributed by atoms with Crippen LogP contribution in [0.2, 0.25) is 0 Å². The molecule has 132 valence electrons. The number of phenols is 1. The van der Waals surface area contributed by atoms with Gasteiger partial charge in [-0.25, -0.2) is 0 Å². The van der Waals surface area contributed by atoms with Crippen LogP contribution >= 0.6 is 11.6 Å². The lowest BCUT2D eigenvalue weighted by molar-refractivity contribution is 0.328. The Kier molecular flexibility index (Phi) is 5.95. The minimum atomic E-state index is 0.217. The van der Waals surface area contributed by atoms with Crippen molar-refractivity contribution < 1.29 is 9.84 Å². The van der Waals surface area contributed by atoms with Crippen LogP contribution in [0.15, 0.2) is 78.9 Å². The summed E-state index contributed by atoms with van der Waals surface area (Å²) < 4.78 is 5.55. The number of aromatic hydroxyl groups is 1. The first kappa shape index (κ1) is 18.1. The summed E-state index contributed by atoms with van der Waals surface area (Å²) in [4.78, 5) is 0. The molecule has 26 heavy (non-hydrogen) atoms. The highest BCUT2D eigenvalue weighted by Gasteiger charge is 2.13. The lowest BCUT2D eigenvalue weighted by Gasteiger charge is -2.13. The molecule has 0 heterocycles. The molecule has 0 spiro atoms. The molecule has 3 nitrogen and oxygen atoms in total. The standard InChI is InChI=1S/C22H20ClNO2/c23-22(18-4-2-1-3-5-18)21(16-6-10-19(25)11-7-16)17-8-12-20(13-9-17)26-15-14-24/h1-13,25H,14-15,24H2/b22-21+. The second-order valence-electron chi connectivity index (χ2n) is 5.76. The highest BCUT2D eigenvalue weighted by molar-refractivity contribution is 6.53. The van der Waals surface area contributed by atoms with E-state index in [9.17, 15) is 5.11 Å². The molecule has 0 aromatic heterocycles. The van der Waals surface area contributed by atoms with Crippen molar-refractivity contribution >= 4 is 22.2 Å². The van der Waals surface area contributed by atoms with Crippen molar-refractivity contribution in [1.29, 1.82) is 0 Å². The summed E-state index contributed by atoms with van der Waals surface area (Å²) in [6, 6.07) is 24.6. The Morgan fingerprint density at radius 1 is 0.808 bits per heavy atom. The van der Waals surface area contributed by atoms with Crippen molar-refractivity contribution in [3.63, 3.8) is 0 Å². The molecule has 0 aliphatic heterocycles. The average Bonchev–Trinajstić information content (AvgIpc) is 2.69. The van der Waals surface area contributed by atoms with E-state index in [2.05, 4.69) is 0 Å². The van der Waals surface area contributed by atoms with Gasteiger partial charge < -0.3 is 15.6 Å². The number of hydrogen-bond donors (Lipinski definition) is 2. The highest BCUT2D eigenvalue weighted by Crippen LogP contribution is 2.35. The van der Waals surface area contributed by atoms with Crippen LogP contribution in [0, 0.1) is 0 Å². The van der Waals surface area contributed by atoms with E-state index in [0.29, 0.717) is 18.2 Å². The molecule has 0 aliphatic rings. The van der Waals surface area contributed by atoms with E-state index in [1.165, 1.54) is 0 Å². The summed E-state index contributed by atoms with van der Waals surface area (Å²) in [7, 11) is 0. The topological polar surface area (TPSA) is 55.5 Å². The van der Waals surface area contributed by atoms with Crippen LogP contribution in [0.5, 0.6) is 11.5 Å². The summed E-state index contributed by atoms with van der Waals surface area (Å²) in [5, 5.41) is 10.3. The lowest BCUT2D eigenvalue weighted by Crippen LogP contribution is -2.10. The molecule has 3 aromatic rings. The second-order valence-corrected chi connectivity index (χ2v) is 6.14.